The van der Waals surface area contributed by atoms with Gasteiger partial charge in [-0.1, -0.05) is 37.3 Å². The summed E-state index contributed by atoms with van der Waals surface area (Å²) in [6, 6.07) is 13.6. The third kappa shape index (κ3) is 3.16. The molecule has 5 rings (SSSR count). The molecule has 1 aromatic carbocycles. The number of nitrogens with zero attached hydrogens (tertiary/aromatic N) is 3. The Morgan fingerprint density at radius 1 is 1.12 bits per heavy atom. The molecule has 2 aliphatic rings. The van der Waals surface area contributed by atoms with Crippen molar-refractivity contribution in [2.75, 3.05) is 0 Å². The van der Waals surface area contributed by atoms with Gasteiger partial charge in [0.1, 0.15) is 5.82 Å². The standard InChI is InChI=1S/C27H27N3O3/c1-16-22-11-10-21-24(18-9-12-23(32)30(3)14-18)28-17(2)29-26(21)27(22,13-19(15-31)25(16)33)20-7-5-4-6-8-20/h4-9,12,14-16,22,31H,10-11,13H2,1-3H3/b19-15-/t16-,22-,27+/m0/s1. The van der Waals surface area contributed by atoms with Gasteiger partial charge in [0.2, 0.25) is 5.56 Å². The number of carbonyl (C=O) groups excluding carboxylic acids is 1. The first-order valence-electron chi connectivity index (χ1n) is 11.3. The predicted octanol–water partition coefficient (Wildman–Crippen LogP) is 4.05. The number of rotatable bonds is 2. The minimum atomic E-state index is -0.542. The number of pyridine rings is 1. The van der Waals surface area contributed by atoms with Crippen molar-refractivity contribution in [1.29, 1.82) is 0 Å². The number of hydrogen-bond acceptors (Lipinski definition) is 5. The van der Waals surface area contributed by atoms with Gasteiger partial charge in [-0.25, -0.2) is 9.97 Å². The van der Waals surface area contributed by atoms with Crippen LogP contribution in [0.15, 0.2) is 65.3 Å². The van der Waals surface area contributed by atoms with E-state index in [2.05, 4.69) is 12.1 Å². The Morgan fingerprint density at radius 3 is 2.58 bits per heavy atom. The molecule has 1 fully saturated rings. The zero-order valence-corrected chi connectivity index (χ0v) is 19.1. The van der Waals surface area contributed by atoms with E-state index in [0.717, 1.165) is 47.2 Å². The van der Waals surface area contributed by atoms with Crippen molar-refractivity contribution >= 4 is 5.78 Å². The number of benzene rings is 1. The molecule has 0 amide bonds. The lowest BCUT2D eigenvalue weighted by Gasteiger charge is -2.51. The summed E-state index contributed by atoms with van der Waals surface area (Å²) in [6.07, 6.45) is 4.77. The summed E-state index contributed by atoms with van der Waals surface area (Å²) in [5.74, 6) is 0.488. The molecule has 2 aliphatic carbocycles. The number of aliphatic hydroxyl groups is 1. The first-order chi connectivity index (χ1) is 15.9. The van der Waals surface area contributed by atoms with Crippen molar-refractivity contribution in [3.8, 4) is 11.3 Å². The minimum absolute atomic E-state index is 0.0153. The summed E-state index contributed by atoms with van der Waals surface area (Å²) in [4.78, 5) is 34.8. The number of hydrogen-bond donors (Lipinski definition) is 1. The van der Waals surface area contributed by atoms with E-state index in [4.69, 9.17) is 9.97 Å². The van der Waals surface area contributed by atoms with Crippen LogP contribution in [0, 0.1) is 18.8 Å². The summed E-state index contributed by atoms with van der Waals surface area (Å²) < 4.78 is 1.56. The molecule has 1 saturated carbocycles. The molecular formula is C27H27N3O3. The monoisotopic (exact) mass is 441 g/mol. The molecule has 33 heavy (non-hydrogen) atoms. The van der Waals surface area contributed by atoms with Crippen molar-refractivity contribution in [1.82, 2.24) is 14.5 Å². The predicted molar refractivity (Wildman–Crippen MR) is 126 cm³/mol. The van der Waals surface area contributed by atoms with Crippen LogP contribution < -0.4 is 5.56 Å². The Balaban J connectivity index is 1.83. The fourth-order valence-corrected chi connectivity index (χ4v) is 5.95. The number of aryl methyl sites for hydroxylation is 2. The molecule has 0 unspecified atom stereocenters. The SMILES string of the molecule is Cc1nc(-c2ccc(=O)n(C)c2)c2c(n1)[C@@]1(c3ccccc3)C/C(=C/O)C(=O)[C@@H](C)[C@@H]1CC2. The first-order valence-corrected chi connectivity index (χ1v) is 11.3. The van der Waals surface area contributed by atoms with E-state index in [1.807, 2.05) is 44.3 Å². The zero-order chi connectivity index (χ0) is 23.3. The Labute approximate surface area is 192 Å². The van der Waals surface area contributed by atoms with Gasteiger partial charge in [0.05, 0.1) is 17.6 Å². The molecule has 2 aromatic heterocycles. The Hall–Kier alpha value is -3.54. The second-order valence-electron chi connectivity index (χ2n) is 9.28. The van der Waals surface area contributed by atoms with E-state index in [9.17, 15) is 14.7 Å². The number of fused-ring (bicyclic) bond motifs is 3. The summed E-state index contributed by atoms with van der Waals surface area (Å²) in [5, 5.41) is 9.97. The second-order valence-corrected chi connectivity index (χ2v) is 9.28. The molecule has 0 radical (unpaired) electrons. The van der Waals surface area contributed by atoms with Gasteiger partial charge in [0, 0.05) is 47.3 Å². The summed E-state index contributed by atoms with van der Waals surface area (Å²) in [7, 11) is 1.74. The van der Waals surface area contributed by atoms with Crippen LogP contribution in [0.4, 0.5) is 0 Å². The van der Waals surface area contributed by atoms with Crippen LogP contribution >= 0.6 is 0 Å². The molecule has 0 saturated heterocycles. The average Bonchev–Trinajstić information content (AvgIpc) is 2.83. The van der Waals surface area contributed by atoms with E-state index in [-0.39, 0.29) is 23.2 Å². The summed E-state index contributed by atoms with van der Waals surface area (Å²) >= 11 is 0. The molecule has 1 N–H and O–H groups in total. The van der Waals surface area contributed by atoms with Crippen molar-refractivity contribution < 1.29 is 9.90 Å². The Bertz CT molecular complexity index is 1340. The maximum atomic E-state index is 13.0. The number of allylic oxidation sites excluding steroid dienone is 1. The van der Waals surface area contributed by atoms with E-state index >= 15 is 0 Å². The topological polar surface area (TPSA) is 85.1 Å². The van der Waals surface area contributed by atoms with Gasteiger partial charge in [0.25, 0.3) is 0 Å². The molecule has 6 nitrogen and oxygen atoms in total. The Morgan fingerprint density at radius 2 is 1.88 bits per heavy atom. The van der Waals surface area contributed by atoms with Crippen LogP contribution in [0.5, 0.6) is 0 Å². The van der Waals surface area contributed by atoms with E-state index in [1.54, 1.807) is 17.7 Å². The highest BCUT2D eigenvalue weighted by Gasteiger charge is 2.55. The number of aliphatic hydroxyl groups excluding tert-OH is 1. The molecule has 2 heterocycles. The van der Waals surface area contributed by atoms with E-state index < -0.39 is 5.41 Å². The van der Waals surface area contributed by atoms with Crippen LogP contribution in [0.1, 0.15) is 42.4 Å². The van der Waals surface area contributed by atoms with Gasteiger partial charge in [-0.05, 0) is 43.7 Å². The number of aromatic nitrogens is 3. The molecule has 3 aromatic rings. The fraction of sp³-hybridized carbons (Fsp3) is 0.333. The largest absolute Gasteiger partial charge is 0.515 e. The summed E-state index contributed by atoms with van der Waals surface area (Å²) in [5.41, 5.74) is 4.61. The fourth-order valence-electron chi connectivity index (χ4n) is 5.95. The normalized spacial score (nSPS) is 25.5. The van der Waals surface area contributed by atoms with Crippen molar-refractivity contribution in [2.45, 2.75) is 38.5 Å². The third-order valence-electron chi connectivity index (χ3n) is 7.49. The van der Waals surface area contributed by atoms with Crippen LogP contribution in [0.2, 0.25) is 0 Å². The highest BCUT2D eigenvalue weighted by molar-refractivity contribution is 5.98. The highest BCUT2D eigenvalue weighted by Crippen LogP contribution is 2.56. The lowest BCUT2D eigenvalue weighted by molar-refractivity contribution is -0.123. The van der Waals surface area contributed by atoms with Crippen LogP contribution in [-0.4, -0.2) is 25.4 Å². The minimum Gasteiger partial charge on any atom is -0.515 e. The van der Waals surface area contributed by atoms with E-state index in [1.165, 1.54) is 0 Å². The molecular weight excluding hydrogens is 414 g/mol. The number of carbonyl (C=O) groups is 1. The van der Waals surface area contributed by atoms with Crippen molar-refractivity contribution in [3.63, 3.8) is 0 Å². The smallest absolute Gasteiger partial charge is 0.250 e. The van der Waals surface area contributed by atoms with E-state index in [0.29, 0.717) is 17.8 Å². The average molecular weight is 442 g/mol. The molecule has 0 bridgehead atoms. The van der Waals surface area contributed by atoms with Crippen molar-refractivity contribution in [2.24, 2.45) is 18.9 Å². The summed E-state index contributed by atoms with van der Waals surface area (Å²) in [6.45, 7) is 3.86. The lowest BCUT2D eigenvalue weighted by atomic mass is 9.52. The molecule has 0 aliphatic heterocycles. The molecule has 0 spiro atoms. The van der Waals surface area contributed by atoms with Gasteiger partial charge < -0.3 is 9.67 Å². The van der Waals surface area contributed by atoms with Gasteiger partial charge in [-0.15, -0.1) is 0 Å². The van der Waals surface area contributed by atoms with Gasteiger partial charge in [-0.2, -0.15) is 0 Å². The van der Waals surface area contributed by atoms with Gasteiger partial charge >= 0.3 is 0 Å². The zero-order valence-electron chi connectivity index (χ0n) is 19.1. The third-order valence-corrected chi connectivity index (χ3v) is 7.49. The van der Waals surface area contributed by atoms with Gasteiger partial charge in [0.15, 0.2) is 5.78 Å². The van der Waals surface area contributed by atoms with Gasteiger partial charge in [-0.3, -0.25) is 9.59 Å². The first kappa shape index (κ1) is 21.3. The van der Waals surface area contributed by atoms with Crippen LogP contribution in [-0.2, 0) is 23.7 Å². The quantitative estimate of drug-likeness (QED) is 0.479. The molecule has 6 heteroatoms. The maximum absolute atomic E-state index is 13.0. The lowest BCUT2D eigenvalue weighted by Crippen LogP contribution is -2.51. The number of ketones is 1. The highest BCUT2D eigenvalue weighted by atomic mass is 16.2. The molecule has 3 atom stereocenters. The second kappa shape index (κ2) is 7.80. The van der Waals surface area contributed by atoms with Crippen LogP contribution in [0.25, 0.3) is 11.3 Å². The number of Topliss-reactive ketones (excluding diaryl/α,β-unsaturated/α-hetero) is 1. The Kier molecular flexibility index (Phi) is 5.04. The molecule has 168 valence electrons. The maximum Gasteiger partial charge on any atom is 0.250 e. The van der Waals surface area contributed by atoms with Crippen molar-refractivity contribution in [3.05, 3.63) is 93.5 Å². The van der Waals surface area contributed by atoms with Crippen LogP contribution in [0.3, 0.4) is 0 Å².